The number of nitrogens with zero attached hydrogens (tertiary/aromatic N) is 2. The van der Waals surface area contributed by atoms with Crippen LogP contribution in [-0.2, 0) is 0 Å². The van der Waals surface area contributed by atoms with Gasteiger partial charge in [-0.05, 0) is 61.5 Å². The average molecular weight is 335 g/mol. The van der Waals surface area contributed by atoms with Crippen LogP contribution in [0.15, 0.2) is 60.7 Å². The van der Waals surface area contributed by atoms with Gasteiger partial charge < -0.3 is 14.8 Å². The van der Waals surface area contributed by atoms with Gasteiger partial charge in [-0.3, -0.25) is 4.79 Å². The van der Waals surface area contributed by atoms with Crippen LogP contribution in [-0.4, -0.2) is 23.2 Å². The van der Waals surface area contributed by atoms with Crippen molar-refractivity contribution in [2.75, 3.05) is 12.4 Å². The number of carbonyl (C=O) groups is 1. The lowest BCUT2D eigenvalue weighted by atomic mass is 10.2. The Bertz CT molecular complexity index is 845. The van der Waals surface area contributed by atoms with Gasteiger partial charge >= 0.3 is 0 Å². The normalized spacial score (nSPS) is 10.2. The van der Waals surface area contributed by atoms with Gasteiger partial charge in [0.2, 0.25) is 5.88 Å². The van der Waals surface area contributed by atoms with E-state index in [0.717, 1.165) is 11.4 Å². The Morgan fingerprint density at radius 3 is 2.16 bits per heavy atom. The summed E-state index contributed by atoms with van der Waals surface area (Å²) in [7, 11) is 1.60. The Morgan fingerprint density at radius 2 is 1.56 bits per heavy atom. The number of hydrogen-bond donors (Lipinski definition) is 1. The van der Waals surface area contributed by atoms with E-state index in [4.69, 9.17) is 9.47 Å². The molecule has 0 unspecified atom stereocenters. The fourth-order valence-corrected chi connectivity index (χ4v) is 2.11. The largest absolute Gasteiger partial charge is 0.497 e. The Kier molecular flexibility index (Phi) is 4.89. The standard InChI is InChI=1S/C19H17N3O3/c1-13-3-12-18(22-21-13)25-17-8-4-14(5-9-17)19(23)20-15-6-10-16(24-2)11-7-15/h3-12H,1-2H3,(H,20,23). The predicted octanol–water partition coefficient (Wildman–Crippen LogP) is 3.84. The SMILES string of the molecule is COc1ccc(NC(=O)c2ccc(Oc3ccc(C)nn3)cc2)cc1. The van der Waals surface area contributed by atoms with Crippen molar-refractivity contribution in [2.24, 2.45) is 0 Å². The molecule has 3 rings (SSSR count). The van der Waals surface area contributed by atoms with Crippen molar-refractivity contribution >= 4 is 11.6 Å². The molecule has 0 fully saturated rings. The van der Waals surface area contributed by atoms with Crippen LogP contribution >= 0.6 is 0 Å². The molecule has 0 aliphatic rings. The number of nitrogens with one attached hydrogen (secondary N) is 1. The van der Waals surface area contributed by atoms with Gasteiger partial charge in [0.1, 0.15) is 11.5 Å². The van der Waals surface area contributed by atoms with Gasteiger partial charge in [0.05, 0.1) is 12.8 Å². The highest BCUT2D eigenvalue weighted by Gasteiger charge is 2.07. The summed E-state index contributed by atoms with van der Waals surface area (Å²) >= 11 is 0. The van der Waals surface area contributed by atoms with Crippen LogP contribution in [0.4, 0.5) is 5.69 Å². The maximum atomic E-state index is 12.3. The molecule has 126 valence electrons. The molecule has 2 aromatic carbocycles. The third-order valence-electron chi connectivity index (χ3n) is 3.46. The molecular weight excluding hydrogens is 318 g/mol. The maximum Gasteiger partial charge on any atom is 0.255 e. The van der Waals surface area contributed by atoms with Crippen molar-refractivity contribution in [3.05, 3.63) is 71.9 Å². The lowest BCUT2D eigenvalue weighted by molar-refractivity contribution is 0.102. The van der Waals surface area contributed by atoms with Gasteiger partial charge in [0, 0.05) is 17.3 Å². The van der Waals surface area contributed by atoms with Crippen LogP contribution in [0.3, 0.4) is 0 Å². The van der Waals surface area contributed by atoms with E-state index in [9.17, 15) is 4.79 Å². The number of aryl methyl sites for hydroxylation is 1. The summed E-state index contributed by atoms with van der Waals surface area (Å²) in [6, 6.07) is 17.5. The summed E-state index contributed by atoms with van der Waals surface area (Å²) in [5, 5.41) is 10.7. The number of hydrogen-bond acceptors (Lipinski definition) is 5. The van der Waals surface area contributed by atoms with Gasteiger partial charge in [-0.1, -0.05) is 0 Å². The zero-order valence-electron chi connectivity index (χ0n) is 13.9. The Hall–Kier alpha value is -3.41. The van der Waals surface area contributed by atoms with Crippen LogP contribution in [0.1, 0.15) is 16.1 Å². The van der Waals surface area contributed by atoms with Gasteiger partial charge in [-0.25, -0.2) is 0 Å². The molecule has 0 saturated carbocycles. The van der Waals surface area contributed by atoms with Crippen LogP contribution in [0.5, 0.6) is 17.4 Å². The van der Waals surface area contributed by atoms with Gasteiger partial charge in [0.25, 0.3) is 5.91 Å². The third kappa shape index (κ3) is 4.32. The molecule has 1 amide bonds. The monoisotopic (exact) mass is 335 g/mol. The minimum Gasteiger partial charge on any atom is -0.497 e. The molecule has 3 aromatic rings. The van der Waals surface area contributed by atoms with E-state index < -0.39 is 0 Å². The summed E-state index contributed by atoms with van der Waals surface area (Å²) in [5.74, 6) is 1.52. The number of carbonyl (C=O) groups excluding carboxylic acids is 1. The highest BCUT2D eigenvalue weighted by Crippen LogP contribution is 2.20. The minimum atomic E-state index is -0.202. The fraction of sp³-hybridized carbons (Fsp3) is 0.105. The number of aromatic nitrogens is 2. The molecule has 0 aliphatic carbocycles. The van der Waals surface area contributed by atoms with E-state index in [1.807, 2.05) is 13.0 Å². The fourth-order valence-electron chi connectivity index (χ4n) is 2.11. The van der Waals surface area contributed by atoms with E-state index in [2.05, 4.69) is 15.5 Å². The van der Waals surface area contributed by atoms with Gasteiger partial charge in [-0.15, -0.1) is 5.10 Å². The quantitative estimate of drug-likeness (QED) is 0.767. The predicted molar refractivity (Wildman–Crippen MR) is 94.2 cm³/mol. The highest BCUT2D eigenvalue weighted by atomic mass is 16.5. The second-order valence-electron chi connectivity index (χ2n) is 5.32. The molecule has 6 heteroatoms. The smallest absolute Gasteiger partial charge is 0.255 e. The second-order valence-corrected chi connectivity index (χ2v) is 5.32. The van der Waals surface area contributed by atoms with Crippen LogP contribution in [0.25, 0.3) is 0 Å². The van der Waals surface area contributed by atoms with Gasteiger partial charge in [0.15, 0.2) is 0 Å². The molecule has 0 radical (unpaired) electrons. The zero-order chi connectivity index (χ0) is 17.6. The number of rotatable bonds is 5. The van der Waals surface area contributed by atoms with E-state index in [-0.39, 0.29) is 5.91 Å². The Balaban J connectivity index is 1.64. The number of methoxy groups -OCH3 is 1. The van der Waals surface area contributed by atoms with Crippen LogP contribution in [0, 0.1) is 6.92 Å². The summed E-state index contributed by atoms with van der Waals surface area (Å²) < 4.78 is 10.7. The number of benzene rings is 2. The molecule has 6 nitrogen and oxygen atoms in total. The Morgan fingerprint density at radius 1 is 0.880 bits per heavy atom. The summed E-state index contributed by atoms with van der Waals surface area (Å²) in [4.78, 5) is 12.3. The maximum absolute atomic E-state index is 12.3. The average Bonchev–Trinajstić information content (AvgIpc) is 2.65. The van der Waals surface area contributed by atoms with Crippen molar-refractivity contribution in [1.29, 1.82) is 0 Å². The number of anilines is 1. The second kappa shape index (κ2) is 7.44. The molecular formula is C19H17N3O3. The van der Waals surface area contributed by atoms with E-state index in [1.165, 1.54) is 0 Å². The number of amides is 1. The topological polar surface area (TPSA) is 73.3 Å². The molecule has 0 bridgehead atoms. The first-order valence-corrected chi connectivity index (χ1v) is 7.68. The first kappa shape index (κ1) is 16.4. The third-order valence-corrected chi connectivity index (χ3v) is 3.46. The van der Waals surface area contributed by atoms with Crippen LogP contribution < -0.4 is 14.8 Å². The van der Waals surface area contributed by atoms with Gasteiger partial charge in [-0.2, -0.15) is 5.10 Å². The molecule has 0 saturated heterocycles. The van der Waals surface area contributed by atoms with Crippen molar-refractivity contribution in [3.63, 3.8) is 0 Å². The van der Waals surface area contributed by atoms with Crippen molar-refractivity contribution < 1.29 is 14.3 Å². The number of ether oxygens (including phenoxy) is 2. The summed E-state index contributed by atoms with van der Waals surface area (Å²) in [6.45, 7) is 1.85. The molecule has 1 aromatic heterocycles. The van der Waals surface area contributed by atoms with Crippen molar-refractivity contribution in [2.45, 2.75) is 6.92 Å². The highest BCUT2D eigenvalue weighted by molar-refractivity contribution is 6.04. The van der Waals surface area contributed by atoms with E-state index in [1.54, 1.807) is 61.7 Å². The Labute approximate surface area is 145 Å². The van der Waals surface area contributed by atoms with E-state index >= 15 is 0 Å². The minimum absolute atomic E-state index is 0.202. The first-order chi connectivity index (χ1) is 12.1. The lowest BCUT2D eigenvalue weighted by Gasteiger charge is -2.08. The molecule has 1 heterocycles. The summed E-state index contributed by atoms with van der Waals surface area (Å²) in [5.41, 5.74) is 2.04. The molecule has 1 N–H and O–H groups in total. The first-order valence-electron chi connectivity index (χ1n) is 7.68. The molecule has 0 aliphatic heterocycles. The lowest BCUT2D eigenvalue weighted by Crippen LogP contribution is -2.11. The van der Waals surface area contributed by atoms with Crippen molar-refractivity contribution in [3.8, 4) is 17.4 Å². The van der Waals surface area contributed by atoms with E-state index in [0.29, 0.717) is 22.9 Å². The molecule has 0 spiro atoms. The summed E-state index contributed by atoms with van der Waals surface area (Å²) in [6.07, 6.45) is 0. The zero-order valence-corrected chi connectivity index (χ0v) is 13.9. The van der Waals surface area contributed by atoms with Crippen molar-refractivity contribution in [1.82, 2.24) is 10.2 Å². The molecule has 25 heavy (non-hydrogen) atoms. The molecule has 0 atom stereocenters. The van der Waals surface area contributed by atoms with Crippen LogP contribution in [0.2, 0.25) is 0 Å².